The van der Waals surface area contributed by atoms with Crippen LogP contribution in [0.2, 0.25) is 5.02 Å². The maximum Gasteiger partial charge on any atom is 0.128 e. The number of aromatic nitrogens is 1. The van der Waals surface area contributed by atoms with E-state index in [0.29, 0.717) is 12.1 Å². The lowest BCUT2D eigenvalue weighted by Crippen LogP contribution is -2.29. The van der Waals surface area contributed by atoms with Crippen molar-refractivity contribution >= 4 is 17.4 Å². The summed E-state index contributed by atoms with van der Waals surface area (Å²) >= 11 is 6.20. The fourth-order valence-corrected chi connectivity index (χ4v) is 2.12. The quantitative estimate of drug-likeness (QED) is 0.824. The minimum atomic E-state index is 0.449. The number of pyridine rings is 1. The van der Waals surface area contributed by atoms with Crippen molar-refractivity contribution in [1.29, 1.82) is 0 Å². The minimum absolute atomic E-state index is 0.449. The van der Waals surface area contributed by atoms with Gasteiger partial charge in [-0.2, -0.15) is 0 Å². The van der Waals surface area contributed by atoms with Crippen LogP contribution in [0.1, 0.15) is 46.1 Å². The number of halogens is 1. The smallest absolute Gasteiger partial charge is 0.128 e. The highest BCUT2D eigenvalue weighted by Crippen LogP contribution is 2.22. The molecule has 1 aromatic rings. The second-order valence-corrected chi connectivity index (χ2v) is 5.83. The van der Waals surface area contributed by atoms with Crippen molar-refractivity contribution in [3.63, 3.8) is 0 Å². The average Bonchev–Trinajstić information content (AvgIpc) is 2.37. The number of rotatable bonds is 7. The Morgan fingerprint density at radius 2 is 2.05 bits per heavy atom. The highest BCUT2D eigenvalue weighted by atomic mass is 35.5. The van der Waals surface area contributed by atoms with E-state index in [-0.39, 0.29) is 0 Å². The number of hydrogen-bond acceptors (Lipinski definition) is 3. The van der Waals surface area contributed by atoms with E-state index in [0.717, 1.165) is 22.9 Å². The van der Waals surface area contributed by atoms with Crippen molar-refractivity contribution < 1.29 is 0 Å². The SMILES string of the molecule is CCCC(C)N(C)c1cc(CNC(C)C)c(Cl)cn1. The predicted octanol–water partition coefficient (Wildman–Crippen LogP) is 3.86. The van der Waals surface area contributed by atoms with Gasteiger partial charge in [0.15, 0.2) is 0 Å². The lowest BCUT2D eigenvalue weighted by molar-refractivity contribution is 0.586. The van der Waals surface area contributed by atoms with E-state index in [2.05, 4.69) is 56.0 Å². The van der Waals surface area contributed by atoms with Crippen LogP contribution in [0.25, 0.3) is 0 Å². The lowest BCUT2D eigenvalue weighted by atomic mass is 10.1. The third-order valence-corrected chi connectivity index (χ3v) is 3.69. The Balaban J connectivity index is 2.82. The van der Waals surface area contributed by atoms with Gasteiger partial charge in [-0.3, -0.25) is 0 Å². The molecule has 0 aliphatic rings. The first-order chi connectivity index (χ1) is 8.95. The van der Waals surface area contributed by atoms with Gasteiger partial charge in [-0.1, -0.05) is 38.8 Å². The Labute approximate surface area is 122 Å². The van der Waals surface area contributed by atoms with Gasteiger partial charge < -0.3 is 10.2 Å². The van der Waals surface area contributed by atoms with Crippen molar-refractivity contribution in [2.75, 3.05) is 11.9 Å². The fourth-order valence-electron chi connectivity index (χ4n) is 1.95. The van der Waals surface area contributed by atoms with Gasteiger partial charge in [0.05, 0.1) is 5.02 Å². The maximum absolute atomic E-state index is 6.20. The molecule has 0 radical (unpaired) electrons. The van der Waals surface area contributed by atoms with E-state index in [4.69, 9.17) is 11.6 Å². The Bertz CT molecular complexity index is 393. The zero-order chi connectivity index (χ0) is 14.4. The molecule has 4 heteroatoms. The monoisotopic (exact) mass is 283 g/mol. The summed E-state index contributed by atoms with van der Waals surface area (Å²) in [6.45, 7) is 9.47. The van der Waals surface area contributed by atoms with E-state index in [9.17, 15) is 0 Å². The van der Waals surface area contributed by atoms with Crippen molar-refractivity contribution in [2.45, 2.75) is 59.2 Å². The van der Waals surface area contributed by atoms with Gasteiger partial charge in [-0.05, 0) is 25.0 Å². The molecule has 108 valence electrons. The molecule has 19 heavy (non-hydrogen) atoms. The van der Waals surface area contributed by atoms with Crippen LogP contribution in [-0.4, -0.2) is 24.1 Å². The first kappa shape index (κ1) is 16.3. The molecule has 1 heterocycles. The summed E-state index contributed by atoms with van der Waals surface area (Å²) in [7, 11) is 2.09. The summed E-state index contributed by atoms with van der Waals surface area (Å²) in [5.74, 6) is 0.992. The highest BCUT2D eigenvalue weighted by molar-refractivity contribution is 6.31. The molecule has 3 nitrogen and oxygen atoms in total. The minimum Gasteiger partial charge on any atom is -0.357 e. The van der Waals surface area contributed by atoms with Gasteiger partial charge in [0, 0.05) is 31.9 Å². The normalized spacial score (nSPS) is 12.8. The standard InChI is InChI=1S/C15H26ClN3/c1-6-7-12(4)19(5)15-8-13(9-17-11(2)3)14(16)10-18-15/h8,10-12,17H,6-7,9H2,1-5H3. The van der Waals surface area contributed by atoms with Crippen molar-refractivity contribution in [3.05, 3.63) is 22.8 Å². The van der Waals surface area contributed by atoms with Gasteiger partial charge in [0.1, 0.15) is 5.82 Å². The van der Waals surface area contributed by atoms with Gasteiger partial charge in [0.25, 0.3) is 0 Å². The summed E-state index contributed by atoms with van der Waals surface area (Å²) in [5, 5.41) is 4.12. The van der Waals surface area contributed by atoms with Gasteiger partial charge in [0.2, 0.25) is 0 Å². The second-order valence-electron chi connectivity index (χ2n) is 5.42. The highest BCUT2D eigenvalue weighted by Gasteiger charge is 2.12. The van der Waals surface area contributed by atoms with Crippen LogP contribution in [0.3, 0.4) is 0 Å². The maximum atomic E-state index is 6.20. The molecule has 0 aliphatic heterocycles. The van der Waals surface area contributed by atoms with Crippen molar-refractivity contribution in [2.24, 2.45) is 0 Å². The Kier molecular flexibility index (Phi) is 6.59. The molecule has 1 aromatic heterocycles. The lowest BCUT2D eigenvalue weighted by Gasteiger charge is -2.26. The molecule has 0 fully saturated rings. The molecule has 1 atom stereocenters. The fraction of sp³-hybridized carbons (Fsp3) is 0.667. The van der Waals surface area contributed by atoms with Crippen LogP contribution in [0, 0.1) is 0 Å². The van der Waals surface area contributed by atoms with E-state index in [1.165, 1.54) is 12.8 Å². The largest absolute Gasteiger partial charge is 0.357 e. The molecular weight excluding hydrogens is 258 g/mol. The predicted molar refractivity (Wildman–Crippen MR) is 84.0 cm³/mol. The molecule has 1 rings (SSSR count). The van der Waals surface area contributed by atoms with Crippen LogP contribution in [0.4, 0.5) is 5.82 Å². The van der Waals surface area contributed by atoms with E-state index >= 15 is 0 Å². The van der Waals surface area contributed by atoms with Crippen molar-refractivity contribution in [3.8, 4) is 0 Å². The number of anilines is 1. The average molecular weight is 284 g/mol. The molecule has 0 aromatic carbocycles. The van der Waals surface area contributed by atoms with Gasteiger partial charge >= 0.3 is 0 Å². The number of nitrogens with one attached hydrogen (secondary N) is 1. The number of hydrogen-bond donors (Lipinski definition) is 1. The molecule has 0 amide bonds. The van der Waals surface area contributed by atoms with Gasteiger partial charge in [-0.15, -0.1) is 0 Å². The first-order valence-corrected chi connectivity index (χ1v) is 7.44. The summed E-state index contributed by atoms with van der Waals surface area (Å²) < 4.78 is 0. The Morgan fingerprint density at radius 1 is 1.37 bits per heavy atom. The van der Waals surface area contributed by atoms with E-state index < -0.39 is 0 Å². The van der Waals surface area contributed by atoms with Crippen LogP contribution < -0.4 is 10.2 Å². The molecule has 0 bridgehead atoms. The van der Waals surface area contributed by atoms with Crippen LogP contribution in [0.15, 0.2) is 12.3 Å². The third-order valence-electron chi connectivity index (χ3n) is 3.35. The Morgan fingerprint density at radius 3 is 2.63 bits per heavy atom. The van der Waals surface area contributed by atoms with Gasteiger partial charge in [-0.25, -0.2) is 4.98 Å². The zero-order valence-electron chi connectivity index (χ0n) is 12.7. The van der Waals surface area contributed by atoms with Crippen LogP contribution in [0.5, 0.6) is 0 Å². The zero-order valence-corrected chi connectivity index (χ0v) is 13.5. The Hall–Kier alpha value is -0.800. The second kappa shape index (κ2) is 7.71. The summed E-state index contributed by atoms with van der Waals surface area (Å²) in [4.78, 5) is 6.66. The summed E-state index contributed by atoms with van der Waals surface area (Å²) in [6, 6.07) is 3.03. The van der Waals surface area contributed by atoms with Crippen LogP contribution in [-0.2, 0) is 6.54 Å². The third kappa shape index (κ3) is 5.00. The molecule has 1 unspecified atom stereocenters. The molecule has 0 saturated heterocycles. The topological polar surface area (TPSA) is 28.2 Å². The summed E-state index contributed by atoms with van der Waals surface area (Å²) in [6.07, 6.45) is 4.10. The summed E-state index contributed by atoms with van der Waals surface area (Å²) in [5.41, 5.74) is 1.11. The van der Waals surface area contributed by atoms with Crippen molar-refractivity contribution in [1.82, 2.24) is 10.3 Å². The first-order valence-electron chi connectivity index (χ1n) is 7.06. The number of nitrogens with zero attached hydrogens (tertiary/aromatic N) is 2. The molecule has 1 N–H and O–H groups in total. The molecule has 0 saturated carbocycles. The van der Waals surface area contributed by atoms with E-state index in [1.54, 1.807) is 6.20 Å². The van der Waals surface area contributed by atoms with Crippen LogP contribution >= 0.6 is 11.6 Å². The molecular formula is C15H26ClN3. The van der Waals surface area contributed by atoms with E-state index in [1.807, 2.05) is 0 Å². The molecule has 0 aliphatic carbocycles. The molecule has 0 spiro atoms.